The Labute approximate surface area is 105 Å². The van der Waals surface area contributed by atoms with Gasteiger partial charge in [-0.15, -0.1) is 0 Å². The van der Waals surface area contributed by atoms with E-state index >= 15 is 0 Å². The maximum Gasteiger partial charge on any atom is 0.0770 e. The van der Waals surface area contributed by atoms with E-state index in [1.807, 2.05) is 0 Å². The molecule has 2 fully saturated rings. The van der Waals surface area contributed by atoms with Crippen molar-refractivity contribution < 1.29 is 9.47 Å². The summed E-state index contributed by atoms with van der Waals surface area (Å²) in [5, 5.41) is 0. The fraction of sp³-hybridized carbons (Fsp3) is 0.857. The Balaban J connectivity index is 1.92. The monoisotopic (exact) mass is 239 g/mol. The van der Waals surface area contributed by atoms with Crippen molar-refractivity contribution in [3.63, 3.8) is 0 Å². The number of ether oxygens (including phenoxy) is 2. The minimum Gasteiger partial charge on any atom is -0.379 e. The van der Waals surface area contributed by atoms with Gasteiger partial charge < -0.3 is 9.47 Å². The molecular formula is C14H25NO2. The highest BCUT2D eigenvalue weighted by Gasteiger charge is 2.31. The summed E-state index contributed by atoms with van der Waals surface area (Å²) >= 11 is 0. The highest BCUT2D eigenvalue weighted by atomic mass is 16.5. The van der Waals surface area contributed by atoms with Gasteiger partial charge in [0.25, 0.3) is 0 Å². The highest BCUT2D eigenvalue weighted by molar-refractivity contribution is 5.02. The van der Waals surface area contributed by atoms with Crippen LogP contribution < -0.4 is 0 Å². The Hall–Kier alpha value is -0.380. The second-order valence-corrected chi connectivity index (χ2v) is 5.43. The van der Waals surface area contributed by atoms with Crippen LogP contribution in [-0.2, 0) is 9.47 Å². The molecule has 2 aliphatic heterocycles. The zero-order chi connectivity index (χ0) is 12.3. The first-order valence-corrected chi connectivity index (χ1v) is 6.78. The fourth-order valence-electron chi connectivity index (χ4n) is 2.83. The first kappa shape index (κ1) is 13.1. The molecular weight excluding hydrogens is 214 g/mol. The van der Waals surface area contributed by atoms with Crippen molar-refractivity contribution in [1.82, 2.24) is 4.90 Å². The molecule has 0 spiro atoms. The molecule has 2 rings (SSSR count). The van der Waals surface area contributed by atoms with Gasteiger partial charge >= 0.3 is 0 Å². The summed E-state index contributed by atoms with van der Waals surface area (Å²) < 4.78 is 11.5. The Bertz CT molecular complexity index is 261. The topological polar surface area (TPSA) is 21.7 Å². The molecule has 3 heteroatoms. The van der Waals surface area contributed by atoms with E-state index in [0.717, 1.165) is 39.3 Å². The Kier molecular flexibility index (Phi) is 4.60. The van der Waals surface area contributed by atoms with E-state index in [2.05, 4.69) is 25.3 Å². The predicted molar refractivity (Wildman–Crippen MR) is 69.1 cm³/mol. The van der Waals surface area contributed by atoms with Crippen LogP contribution >= 0.6 is 0 Å². The molecule has 2 aliphatic rings. The molecule has 3 atom stereocenters. The standard InChI is InChI=1S/C14H25NO2/c1-11(2)13-5-4-12(3)17-14(13)10-15-6-8-16-9-7-15/h12-14H,1,4-10H2,2-3H3/t12-,13+,14-/m0/s1. The maximum atomic E-state index is 6.12. The minimum absolute atomic E-state index is 0.328. The van der Waals surface area contributed by atoms with Crippen LogP contribution in [0.1, 0.15) is 26.7 Å². The van der Waals surface area contributed by atoms with Gasteiger partial charge in [0.2, 0.25) is 0 Å². The van der Waals surface area contributed by atoms with Gasteiger partial charge in [-0.2, -0.15) is 0 Å². The number of nitrogens with zero attached hydrogens (tertiary/aromatic N) is 1. The smallest absolute Gasteiger partial charge is 0.0770 e. The molecule has 0 aromatic carbocycles. The molecule has 2 heterocycles. The summed E-state index contributed by atoms with van der Waals surface area (Å²) in [6.07, 6.45) is 3.12. The van der Waals surface area contributed by atoms with Crippen molar-refractivity contribution in [3.05, 3.63) is 12.2 Å². The lowest BCUT2D eigenvalue weighted by atomic mass is 9.86. The van der Waals surface area contributed by atoms with Crippen molar-refractivity contribution in [2.24, 2.45) is 5.92 Å². The summed E-state index contributed by atoms with van der Waals surface area (Å²) in [6, 6.07) is 0. The third-order valence-electron chi connectivity index (χ3n) is 3.91. The number of hydrogen-bond acceptors (Lipinski definition) is 3. The molecule has 0 bridgehead atoms. The van der Waals surface area contributed by atoms with Crippen molar-refractivity contribution in [3.8, 4) is 0 Å². The van der Waals surface area contributed by atoms with Crippen molar-refractivity contribution in [2.45, 2.75) is 38.9 Å². The minimum atomic E-state index is 0.328. The molecule has 0 unspecified atom stereocenters. The van der Waals surface area contributed by atoms with Crippen LogP contribution in [0.2, 0.25) is 0 Å². The number of morpholine rings is 1. The molecule has 0 aromatic heterocycles. The van der Waals surface area contributed by atoms with E-state index in [9.17, 15) is 0 Å². The first-order chi connectivity index (χ1) is 8.16. The number of hydrogen-bond donors (Lipinski definition) is 0. The van der Waals surface area contributed by atoms with Crippen LogP contribution in [0.15, 0.2) is 12.2 Å². The normalized spacial score (nSPS) is 35.8. The summed E-state index contributed by atoms with van der Waals surface area (Å²) in [7, 11) is 0. The van der Waals surface area contributed by atoms with Crippen LogP contribution in [0.25, 0.3) is 0 Å². The molecule has 0 radical (unpaired) electrons. The van der Waals surface area contributed by atoms with E-state index in [0.29, 0.717) is 18.1 Å². The largest absolute Gasteiger partial charge is 0.379 e. The summed E-state index contributed by atoms with van der Waals surface area (Å²) in [6.45, 7) is 13.3. The van der Waals surface area contributed by atoms with Crippen molar-refractivity contribution in [2.75, 3.05) is 32.8 Å². The summed E-state index contributed by atoms with van der Waals surface area (Å²) in [5.41, 5.74) is 1.27. The lowest BCUT2D eigenvalue weighted by Gasteiger charge is -2.39. The van der Waals surface area contributed by atoms with Gasteiger partial charge in [0, 0.05) is 25.6 Å². The summed E-state index contributed by atoms with van der Waals surface area (Å²) in [4.78, 5) is 2.46. The molecule has 3 nitrogen and oxygen atoms in total. The molecule has 0 N–H and O–H groups in total. The third kappa shape index (κ3) is 3.54. The average molecular weight is 239 g/mol. The second kappa shape index (κ2) is 5.98. The zero-order valence-electron chi connectivity index (χ0n) is 11.2. The van der Waals surface area contributed by atoms with E-state index in [1.54, 1.807) is 0 Å². The predicted octanol–water partition coefficient (Wildman–Crippen LogP) is 2.08. The van der Waals surface area contributed by atoms with Gasteiger partial charge in [-0.05, 0) is 26.7 Å². The van der Waals surface area contributed by atoms with Crippen LogP contribution in [-0.4, -0.2) is 50.0 Å². The van der Waals surface area contributed by atoms with Gasteiger partial charge in [0.05, 0.1) is 25.4 Å². The van der Waals surface area contributed by atoms with Gasteiger partial charge in [-0.25, -0.2) is 0 Å². The van der Waals surface area contributed by atoms with Crippen molar-refractivity contribution in [1.29, 1.82) is 0 Å². The lowest BCUT2D eigenvalue weighted by molar-refractivity contribution is -0.0869. The Morgan fingerprint density at radius 2 is 2.00 bits per heavy atom. The van der Waals surface area contributed by atoms with E-state index in [-0.39, 0.29) is 0 Å². The SMILES string of the molecule is C=C(C)[C@H]1CC[C@H](C)O[C@H]1CN1CCOCC1. The molecule has 0 saturated carbocycles. The molecule has 98 valence electrons. The molecule has 0 aromatic rings. The van der Waals surface area contributed by atoms with E-state index in [4.69, 9.17) is 9.47 Å². The first-order valence-electron chi connectivity index (χ1n) is 6.78. The van der Waals surface area contributed by atoms with E-state index in [1.165, 1.54) is 12.0 Å². The summed E-state index contributed by atoms with van der Waals surface area (Å²) in [5.74, 6) is 0.536. The molecule has 17 heavy (non-hydrogen) atoms. The van der Waals surface area contributed by atoms with Crippen molar-refractivity contribution >= 4 is 0 Å². The highest BCUT2D eigenvalue weighted by Crippen LogP contribution is 2.30. The Morgan fingerprint density at radius 3 is 2.65 bits per heavy atom. The van der Waals surface area contributed by atoms with Gasteiger partial charge in [0.15, 0.2) is 0 Å². The third-order valence-corrected chi connectivity index (χ3v) is 3.91. The number of rotatable bonds is 3. The van der Waals surface area contributed by atoms with Gasteiger partial charge in [-0.1, -0.05) is 12.2 Å². The quantitative estimate of drug-likeness (QED) is 0.704. The maximum absolute atomic E-state index is 6.12. The van der Waals surface area contributed by atoms with Crippen LogP contribution in [0, 0.1) is 5.92 Å². The van der Waals surface area contributed by atoms with E-state index < -0.39 is 0 Å². The lowest BCUT2D eigenvalue weighted by Crippen LogP contribution is -2.46. The fourth-order valence-corrected chi connectivity index (χ4v) is 2.83. The van der Waals surface area contributed by atoms with Gasteiger partial charge in [0.1, 0.15) is 0 Å². The zero-order valence-corrected chi connectivity index (χ0v) is 11.2. The van der Waals surface area contributed by atoms with Crippen LogP contribution in [0.4, 0.5) is 0 Å². The molecule has 0 aliphatic carbocycles. The van der Waals surface area contributed by atoms with Crippen LogP contribution in [0.3, 0.4) is 0 Å². The average Bonchev–Trinajstić information content (AvgIpc) is 2.30. The molecule has 2 saturated heterocycles. The second-order valence-electron chi connectivity index (χ2n) is 5.43. The van der Waals surface area contributed by atoms with Crippen LogP contribution in [0.5, 0.6) is 0 Å². The molecule has 0 amide bonds. The Morgan fingerprint density at radius 1 is 1.29 bits per heavy atom. The van der Waals surface area contributed by atoms with Gasteiger partial charge in [-0.3, -0.25) is 4.90 Å².